The average molecular weight is 488 g/mol. The third-order valence-corrected chi connectivity index (χ3v) is 4.99. The molecule has 0 aromatic rings. The van der Waals surface area contributed by atoms with Gasteiger partial charge in [0.1, 0.15) is 0 Å². The molecule has 0 fully saturated rings. The maximum atomic E-state index is 3.51. The first-order valence-corrected chi connectivity index (χ1v) is 6.99. The van der Waals surface area contributed by atoms with E-state index in [2.05, 4.69) is 35.7 Å². The molecule has 85 valence electrons. The molecule has 1 radical (unpaired) electrons. The van der Waals surface area contributed by atoms with Crippen molar-refractivity contribution in [1.29, 1.82) is 0 Å². The van der Waals surface area contributed by atoms with E-state index in [-0.39, 0.29) is 41.9 Å². The second kappa shape index (κ2) is 5.51. The molecule has 0 bridgehead atoms. The second-order valence-electron chi connectivity index (χ2n) is 3.68. The van der Waals surface area contributed by atoms with Crippen molar-refractivity contribution >= 4 is 0 Å². The monoisotopic (exact) mass is 489 g/mol. The third kappa shape index (κ3) is 2.86. The van der Waals surface area contributed by atoms with Gasteiger partial charge in [-0.25, -0.2) is 0 Å². The summed E-state index contributed by atoms with van der Waals surface area (Å²) in [6, 6.07) is 0. The normalized spacial score (nSPS) is 21.1. The third-order valence-electron chi connectivity index (χ3n) is 2.57. The summed E-state index contributed by atoms with van der Waals surface area (Å²) in [6.45, 7) is 7.61. The van der Waals surface area contributed by atoms with E-state index < -0.39 is 0 Å². The van der Waals surface area contributed by atoms with E-state index in [9.17, 15) is 0 Å². The minimum absolute atomic E-state index is 0. The number of hydrogen-bond donors (Lipinski definition) is 2. The largest absolute Gasteiger partial charge is 0 e. The fourth-order valence-electron chi connectivity index (χ4n) is 1.55. The maximum absolute atomic E-state index is 3.51. The van der Waals surface area contributed by atoms with Crippen molar-refractivity contribution in [2.24, 2.45) is 0 Å². The Bertz CT molecular complexity index is 356. The van der Waals surface area contributed by atoms with Gasteiger partial charge < -0.3 is 0 Å². The van der Waals surface area contributed by atoms with Crippen molar-refractivity contribution in [1.82, 2.24) is 8.85 Å². The summed E-state index contributed by atoms with van der Waals surface area (Å²) in [5.74, 6) is 0. The number of halogens is 1. The molecule has 0 atom stereocenters. The van der Waals surface area contributed by atoms with E-state index in [0.717, 1.165) is 13.0 Å². The summed E-state index contributed by atoms with van der Waals surface area (Å²) in [5.41, 5.74) is 5.22. The summed E-state index contributed by atoms with van der Waals surface area (Å²) in [5, 5.41) is 3.49. The molecule has 0 amide bonds. The predicted octanol–water partition coefficient (Wildman–Crippen LogP) is -1.16. The van der Waals surface area contributed by atoms with Crippen LogP contribution in [0.15, 0.2) is 26.1 Å². The molecule has 0 unspecified atom stereocenters. The topological polar surface area (TPSA) is 24.1 Å². The molecule has 2 heterocycles. The van der Waals surface area contributed by atoms with Crippen LogP contribution in [0.1, 0.15) is 27.2 Å². The standard InChI is InChI=1S/C11H15IN2.Re/c1-7-4-5-13-11-8(2)9(3)12-14-10(11)6-7;/h13-14H,4-5H2,1-3H3;/q-2;. The first kappa shape index (κ1) is 13.3. The Labute approximate surface area is 116 Å². The van der Waals surface area contributed by atoms with Gasteiger partial charge >= 0.3 is 96.3 Å². The zero-order valence-corrected chi connectivity index (χ0v) is 14.0. The van der Waals surface area contributed by atoms with Crippen LogP contribution in [0.4, 0.5) is 0 Å². The molecule has 2 aliphatic rings. The first-order chi connectivity index (χ1) is 6.68. The zero-order chi connectivity index (χ0) is 10.1. The van der Waals surface area contributed by atoms with Crippen LogP contribution >= 0.6 is 0 Å². The van der Waals surface area contributed by atoms with Crippen LogP contribution in [0.25, 0.3) is 0 Å². The predicted molar refractivity (Wildman–Crippen MR) is 53.6 cm³/mol. The van der Waals surface area contributed by atoms with Crippen LogP contribution in [0.3, 0.4) is 0 Å². The van der Waals surface area contributed by atoms with E-state index in [4.69, 9.17) is 0 Å². The van der Waals surface area contributed by atoms with Gasteiger partial charge in [-0.15, -0.1) is 0 Å². The zero-order valence-electron chi connectivity index (χ0n) is 9.17. The van der Waals surface area contributed by atoms with Gasteiger partial charge in [-0.3, -0.25) is 0 Å². The Morgan fingerprint density at radius 1 is 1.27 bits per heavy atom. The van der Waals surface area contributed by atoms with E-state index in [1.54, 1.807) is 0 Å². The fourth-order valence-corrected chi connectivity index (χ4v) is 3.31. The molecule has 0 spiro atoms. The minimum Gasteiger partial charge on any atom is 0 e. The molecule has 0 aromatic carbocycles. The van der Waals surface area contributed by atoms with Gasteiger partial charge in [0, 0.05) is 20.4 Å². The minimum atomic E-state index is -0.0100. The summed E-state index contributed by atoms with van der Waals surface area (Å²) in [6.07, 6.45) is 4.54. The van der Waals surface area contributed by atoms with Gasteiger partial charge in [-0.05, 0) is 0 Å². The summed E-state index contributed by atoms with van der Waals surface area (Å²) >= 11 is -0.0100. The van der Waals surface area contributed by atoms with E-state index in [0.29, 0.717) is 0 Å². The number of rotatable bonds is 0. The number of allylic oxidation sites excluding steroid dienone is 3. The van der Waals surface area contributed by atoms with Crippen LogP contribution in [-0.4, -0.2) is 6.54 Å². The van der Waals surface area contributed by atoms with Gasteiger partial charge in [0.2, 0.25) is 0 Å². The molecule has 2 rings (SSSR count). The first-order valence-electron chi connectivity index (χ1n) is 4.84. The second-order valence-corrected chi connectivity index (χ2v) is 6.38. The molecule has 15 heavy (non-hydrogen) atoms. The van der Waals surface area contributed by atoms with Crippen LogP contribution < -0.4 is 30.3 Å². The SMILES string of the molecule is CC1=[C-]C2=C(NCC1)C(C)=C(C)[I-]N2.[Re]. The van der Waals surface area contributed by atoms with Gasteiger partial charge in [0.05, 0.1) is 0 Å². The smallest absolute Gasteiger partial charge is 0 e. The van der Waals surface area contributed by atoms with Crippen LogP contribution in [0.2, 0.25) is 0 Å². The molecule has 2 nitrogen and oxygen atoms in total. The van der Waals surface area contributed by atoms with E-state index in [1.165, 1.54) is 26.1 Å². The Balaban J connectivity index is 0.00000112. The summed E-state index contributed by atoms with van der Waals surface area (Å²) < 4.78 is 5.03. The van der Waals surface area contributed by atoms with Crippen LogP contribution in [-0.2, 0) is 20.4 Å². The van der Waals surface area contributed by atoms with Crippen molar-refractivity contribution in [2.75, 3.05) is 6.54 Å². The molecule has 2 N–H and O–H groups in total. The van der Waals surface area contributed by atoms with E-state index >= 15 is 0 Å². The molecule has 4 heteroatoms. The van der Waals surface area contributed by atoms with Gasteiger partial charge in [0.25, 0.3) is 0 Å². The van der Waals surface area contributed by atoms with Crippen molar-refractivity contribution in [2.45, 2.75) is 27.2 Å². The van der Waals surface area contributed by atoms with Crippen LogP contribution in [0.5, 0.6) is 0 Å². The quantitative estimate of drug-likeness (QED) is 0.256. The van der Waals surface area contributed by atoms with Crippen molar-refractivity contribution < 1.29 is 41.9 Å². The average Bonchev–Trinajstić information content (AvgIpc) is 2.34. The summed E-state index contributed by atoms with van der Waals surface area (Å²) in [4.78, 5) is 0. The Hall–Kier alpha value is 0.212. The van der Waals surface area contributed by atoms with Gasteiger partial charge in [-0.2, -0.15) is 0 Å². The van der Waals surface area contributed by atoms with Gasteiger partial charge in [0.15, 0.2) is 0 Å². The summed E-state index contributed by atoms with van der Waals surface area (Å²) in [7, 11) is 0. The molecule has 0 saturated carbocycles. The van der Waals surface area contributed by atoms with E-state index in [1.807, 2.05) is 0 Å². The Morgan fingerprint density at radius 3 is 2.73 bits per heavy atom. The molecule has 0 aromatic heterocycles. The molecule has 2 aliphatic heterocycles. The Kier molecular flexibility index (Phi) is 4.88. The van der Waals surface area contributed by atoms with Gasteiger partial charge in [-0.1, -0.05) is 0 Å². The number of nitrogens with one attached hydrogen (secondary N) is 2. The van der Waals surface area contributed by atoms with Crippen molar-refractivity contribution in [3.63, 3.8) is 0 Å². The molecule has 0 aliphatic carbocycles. The molecular weight excluding hydrogens is 473 g/mol. The fraction of sp³-hybridized carbons (Fsp3) is 0.455. The molecular formula is C11H15IN2Re-2. The Morgan fingerprint density at radius 2 is 2.00 bits per heavy atom. The van der Waals surface area contributed by atoms with Crippen molar-refractivity contribution in [3.05, 3.63) is 32.2 Å². The van der Waals surface area contributed by atoms with Crippen molar-refractivity contribution in [3.8, 4) is 0 Å². The number of hydrogen-bond acceptors (Lipinski definition) is 2. The maximum Gasteiger partial charge on any atom is 0 e. The van der Waals surface area contributed by atoms with Crippen LogP contribution in [0, 0.1) is 6.08 Å². The molecule has 0 saturated heterocycles.